The van der Waals surface area contributed by atoms with Crippen molar-refractivity contribution in [3.05, 3.63) is 41.6 Å². The van der Waals surface area contributed by atoms with Gasteiger partial charge in [-0.25, -0.2) is 9.97 Å². The van der Waals surface area contributed by atoms with Gasteiger partial charge in [-0.2, -0.15) is 10.5 Å². The number of aromatic nitrogens is 2. The molecule has 2 aliphatic heterocycles. The van der Waals surface area contributed by atoms with E-state index in [9.17, 15) is 10.5 Å². The van der Waals surface area contributed by atoms with E-state index in [0.29, 0.717) is 29.3 Å². The van der Waals surface area contributed by atoms with Crippen molar-refractivity contribution in [1.82, 2.24) is 14.9 Å². The van der Waals surface area contributed by atoms with Gasteiger partial charge in [0, 0.05) is 37.9 Å². The number of pyridine rings is 2. The molecule has 4 rings (SSSR count). The molecule has 0 amide bonds. The van der Waals surface area contributed by atoms with Crippen LogP contribution in [0.25, 0.3) is 0 Å². The van der Waals surface area contributed by atoms with E-state index in [1.807, 2.05) is 6.07 Å². The van der Waals surface area contributed by atoms with Gasteiger partial charge < -0.3 is 15.1 Å². The molecule has 2 saturated heterocycles. The molecule has 7 nitrogen and oxygen atoms in total. The summed E-state index contributed by atoms with van der Waals surface area (Å²) in [4.78, 5) is 14.2. The van der Waals surface area contributed by atoms with E-state index in [1.54, 1.807) is 18.3 Å². The molecule has 0 bridgehead atoms. The van der Waals surface area contributed by atoms with Gasteiger partial charge in [-0.1, -0.05) is 13.8 Å². The van der Waals surface area contributed by atoms with E-state index >= 15 is 0 Å². The lowest BCUT2D eigenvalue weighted by Gasteiger charge is -2.41. The van der Waals surface area contributed by atoms with Crippen LogP contribution in [0.3, 0.4) is 0 Å². The van der Waals surface area contributed by atoms with Gasteiger partial charge in [-0.05, 0) is 75.3 Å². The Balaban J connectivity index is 1.68. The SMILES string of the molecule is CCC(CC)N1CCC(C#N)(c2cc(Nc3cc(C#N)ccn3)nc(N3CCCC3C)c2)CC1. The van der Waals surface area contributed by atoms with E-state index in [-0.39, 0.29) is 0 Å². The number of hydrogen-bond donors (Lipinski definition) is 1. The molecule has 0 aromatic carbocycles. The fourth-order valence-corrected chi connectivity index (χ4v) is 5.52. The highest BCUT2D eigenvalue weighted by Gasteiger charge is 2.39. The summed E-state index contributed by atoms with van der Waals surface area (Å²) in [5.74, 6) is 2.17. The largest absolute Gasteiger partial charge is 0.354 e. The van der Waals surface area contributed by atoms with E-state index in [0.717, 1.165) is 69.5 Å². The number of nitrogens with zero attached hydrogens (tertiary/aromatic N) is 6. The van der Waals surface area contributed by atoms with Gasteiger partial charge in [0.2, 0.25) is 0 Å². The zero-order valence-electron chi connectivity index (χ0n) is 20.6. The molecule has 4 heterocycles. The number of likely N-dealkylation sites (tertiary alicyclic amines) is 1. The topological polar surface area (TPSA) is 91.9 Å². The molecule has 2 aromatic heterocycles. The molecule has 0 saturated carbocycles. The van der Waals surface area contributed by atoms with Crippen molar-refractivity contribution in [3.63, 3.8) is 0 Å². The van der Waals surface area contributed by atoms with Crippen molar-refractivity contribution >= 4 is 17.5 Å². The lowest BCUT2D eigenvalue weighted by Crippen LogP contribution is -2.46. The van der Waals surface area contributed by atoms with Gasteiger partial charge >= 0.3 is 0 Å². The first kappa shape index (κ1) is 24.0. The summed E-state index contributed by atoms with van der Waals surface area (Å²) >= 11 is 0. The zero-order chi connectivity index (χ0) is 24.1. The first-order valence-corrected chi connectivity index (χ1v) is 12.6. The smallest absolute Gasteiger partial charge is 0.134 e. The van der Waals surface area contributed by atoms with Gasteiger partial charge in [-0.3, -0.25) is 0 Å². The Bertz CT molecular complexity index is 1070. The maximum Gasteiger partial charge on any atom is 0.134 e. The van der Waals surface area contributed by atoms with Crippen LogP contribution in [0.15, 0.2) is 30.5 Å². The molecule has 0 aliphatic carbocycles. The van der Waals surface area contributed by atoms with Crippen molar-refractivity contribution in [1.29, 1.82) is 10.5 Å². The Morgan fingerprint density at radius 1 is 1.12 bits per heavy atom. The number of rotatable bonds is 7. The Kier molecular flexibility index (Phi) is 7.34. The van der Waals surface area contributed by atoms with Crippen molar-refractivity contribution < 1.29 is 0 Å². The Morgan fingerprint density at radius 3 is 2.50 bits per heavy atom. The predicted molar refractivity (Wildman–Crippen MR) is 135 cm³/mol. The average Bonchev–Trinajstić information content (AvgIpc) is 3.31. The quantitative estimate of drug-likeness (QED) is 0.616. The van der Waals surface area contributed by atoms with Gasteiger partial charge in [0.15, 0.2) is 0 Å². The summed E-state index contributed by atoms with van der Waals surface area (Å²) in [7, 11) is 0. The highest BCUT2D eigenvalue weighted by molar-refractivity contribution is 5.60. The third kappa shape index (κ3) is 4.86. The minimum atomic E-state index is -0.526. The van der Waals surface area contributed by atoms with Crippen molar-refractivity contribution in [3.8, 4) is 12.1 Å². The fourth-order valence-electron chi connectivity index (χ4n) is 5.52. The lowest BCUT2D eigenvalue weighted by atomic mass is 9.73. The van der Waals surface area contributed by atoms with Gasteiger partial charge in [-0.15, -0.1) is 0 Å². The summed E-state index contributed by atoms with van der Waals surface area (Å²) in [6.45, 7) is 9.58. The molecule has 1 N–H and O–H groups in total. The molecule has 1 unspecified atom stereocenters. The highest BCUT2D eigenvalue weighted by Crippen LogP contribution is 2.39. The van der Waals surface area contributed by atoms with Crippen LogP contribution in [0.2, 0.25) is 0 Å². The second-order valence-electron chi connectivity index (χ2n) is 9.65. The Hall–Kier alpha value is -3.16. The minimum absolute atomic E-state index is 0.422. The second-order valence-corrected chi connectivity index (χ2v) is 9.65. The highest BCUT2D eigenvalue weighted by atomic mass is 15.2. The summed E-state index contributed by atoms with van der Waals surface area (Å²) < 4.78 is 0. The van der Waals surface area contributed by atoms with Crippen molar-refractivity contribution in [2.75, 3.05) is 29.9 Å². The van der Waals surface area contributed by atoms with Crippen LogP contribution in [-0.2, 0) is 5.41 Å². The van der Waals surface area contributed by atoms with Crippen molar-refractivity contribution in [2.24, 2.45) is 0 Å². The molecule has 7 heteroatoms. The zero-order valence-corrected chi connectivity index (χ0v) is 20.6. The minimum Gasteiger partial charge on any atom is -0.354 e. The number of piperidine rings is 1. The molecule has 0 radical (unpaired) electrons. The van der Waals surface area contributed by atoms with Crippen LogP contribution in [0.4, 0.5) is 17.5 Å². The summed E-state index contributed by atoms with van der Waals surface area (Å²) in [6.07, 6.45) is 7.85. The van der Waals surface area contributed by atoms with Crippen LogP contribution in [0.5, 0.6) is 0 Å². The first-order chi connectivity index (χ1) is 16.5. The molecule has 2 fully saturated rings. The maximum absolute atomic E-state index is 10.4. The Morgan fingerprint density at radius 2 is 1.88 bits per heavy atom. The van der Waals surface area contributed by atoms with Crippen molar-refractivity contribution in [2.45, 2.75) is 76.8 Å². The average molecular weight is 458 g/mol. The fraction of sp³-hybridized carbons (Fsp3) is 0.556. The molecule has 178 valence electrons. The predicted octanol–water partition coefficient (Wildman–Crippen LogP) is 5.13. The van der Waals surface area contributed by atoms with Crippen LogP contribution < -0.4 is 10.2 Å². The Labute approximate surface area is 203 Å². The summed E-state index contributed by atoms with van der Waals surface area (Å²) in [5, 5.41) is 23.0. The van der Waals surface area contributed by atoms with Crippen LogP contribution in [-0.4, -0.2) is 46.6 Å². The van der Waals surface area contributed by atoms with Gasteiger partial charge in [0.1, 0.15) is 17.5 Å². The lowest BCUT2D eigenvalue weighted by molar-refractivity contribution is 0.127. The molecule has 2 aromatic rings. The molecular formula is C27H35N7. The molecule has 1 atom stereocenters. The second kappa shape index (κ2) is 10.4. The number of nitriles is 2. The molecule has 0 spiro atoms. The third-order valence-electron chi connectivity index (χ3n) is 7.68. The first-order valence-electron chi connectivity index (χ1n) is 12.6. The van der Waals surface area contributed by atoms with Gasteiger partial charge in [0.05, 0.1) is 23.1 Å². The normalized spacial score (nSPS) is 20.2. The summed E-state index contributed by atoms with van der Waals surface area (Å²) in [6, 6.07) is 13.4. The van der Waals surface area contributed by atoms with E-state index < -0.39 is 5.41 Å². The maximum atomic E-state index is 10.4. The van der Waals surface area contributed by atoms with Crippen LogP contribution >= 0.6 is 0 Å². The third-order valence-corrected chi connectivity index (χ3v) is 7.68. The monoisotopic (exact) mass is 457 g/mol. The summed E-state index contributed by atoms with van der Waals surface area (Å²) in [5.41, 5.74) is 1.05. The number of anilines is 3. The van der Waals surface area contributed by atoms with Crippen LogP contribution in [0, 0.1) is 22.7 Å². The van der Waals surface area contributed by atoms with E-state index in [2.05, 4.69) is 59.1 Å². The van der Waals surface area contributed by atoms with Gasteiger partial charge in [0.25, 0.3) is 0 Å². The van der Waals surface area contributed by atoms with E-state index in [1.165, 1.54) is 0 Å². The molecular weight excluding hydrogens is 422 g/mol. The number of nitrogens with one attached hydrogen (secondary N) is 1. The molecule has 2 aliphatic rings. The van der Waals surface area contributed by atoms with E-state index in [4.69, 9.17) is 4.98 Å². The molecule has 34 heavy (non-hydrogen) atoms. The van der Waals surface area contributed by atoms with Crippen LogP contribution in [0.1, 0.15) is 70.4 Å². The standard InChI is InChI=1S/C27H35N7/c1-4-23(5-2)33-13-9-27(19-29,10-14-33)22-16-25(31-24-15-21(18-28)8-11-30-24)32-26(17-22)34-12-6-7-20(34)3/h8,11,15-17,20,23H,4-7,9-10,12-14H2,1-3H3,(H,30,31,32). The number of hydrogen-bond acceptors (Lipinski definition) is 7.